The van der Waals surface area contributed by atoms with Gasteiger partial charge in [0.05, 0.1) is 23.5 Å². The summed E-state index contributed by atoms with van der Waals surface area (Å²) < 4.78 is 27.5. The maximum atomic E-state index is 11.5. The molecule has 0 aliphatic carbocycles. The Hall–Kier alpha value is -1.46. The van der Waals surface area contributed by atoms with Crippen molar-refractivity contribution in [1.29, 1.82) is 0 Å². The largest absolute Gasteiger partial charge is 0.352 e. The van der Waals surface area contributed by atoms with Crippen LogP contribution in [-0.4, -0.2) is 44.2 Å². The van der Waals surface area contributed by atoms with Crippen molar-refractivity contribution in [2.75, 3.05) is 25.1 Å². The van der Waals surface area contributed by atoms with E-state index in [1.54, 1.807) is 19.2 Å². The molecule has 0 saturated heterocycles. The van der Waals surface area contributed by atoms with E-state index in [0.29, 0.717) is 29.8 Å². The van der Waals surface area contributed by atoms with E-state index in [9.17, 15) is 8.42 Å². The minimum Gasteiger partial charge on any atom is -0.352 e. The van der Waals surface area contributed by atoms with E-state index in [-0.39, 0.29) is 24.0 Å². The summed E-state index contributed by atoms with van der Waals surface area (Å²) in [6, 6.07) is 9.16. The summed E-state index contributed by atoms with van der Waals surface area (Å²) in [5, 5.41) is 3.95. The number of hydrogen-bond donors (Lipinski definition) is 2. The number of benzene rings is 1. The number of rotatable bonds is 6. The molecular formula is C17H25ClIN5O2S. The van der Waals surface area contributed by atoms with E-state index in [1.807, 2.05) is 48.0 Å². The van der Waals surface area contributed by atoms with E-state index >= 15 is 0 Å². The van der Waals surface area contributed by atoms with Crippen LogP contribution in [0.1, 0.15) is 11.3 Å². The first-order valence-electron chi connectivity index (χ1n) is 7.98. The lowest BCUT2D eigenvalue weighted by molar-refractivity contribution is 0.462. The lowest BCUT2D eigenvalue weighted by Gasteiger charge is -2.23. The maximum Gasteiger partial charge on any atom is 0.229 e. The van der Waals surface area contributed by atoms with Gasteiger partial charge in [-0.05, 0) is 17.7 Å². The molecule has 2 aromatic rings. The normalized spacial score (nSPS) is 11.7. The van der Waals surface area contributed by atoms with Gasteiger partial charge in [0.15, 0.2) is 5.96 Å². The number of anilines is 1. The Morgan fingerprint density at radius 3 is 2.56 bits per heavy atom. The van der Waals surface area contributed by atoms with E-state index in [2.05, 4.69) is 15.0 Å². The van der Waals surface area contributed by atoms with Gasteiger partial charge in [0.2, 0.25) is 10.0 Å². The van der Waals surface area contributed by atoms with Gasteiger partial charge in [-0.3, -0.25) is 9.71 Å². The molecule has 1 aromatic carbocycles. The molecule has 0 fully saturated rings. The van der Waals surface area contributed by atoms with Gasteiger partial charge >= 0.3 is 0 Å². The van der Waals surface area contributed by atoms with Crippen LogP contribution in [0.5, 0.6) is 0 Å². The summed E-state index contributed by atoms with van der Waals surface area (Å²) >= 11 is 6.03. The average molecular weight is 526 g/mol. The van der Waals surface area contributed by atoms with Crippen LogP contribution in [0.3, 0.4) is 0 Å². The Bertz CT molecular complexity index is 898. The second kappa shape index (κ2) is 10.2. The number of hydrogen-bond acceptors (Lipinski definition) is 3. The van der Waals surface area contributed by atoms with Gasteiger partial charge in [-0.15, -0.1) is 24.0 Å². The fourth-order valence-electron chi connectivity index (χ4n) is 2.57. The molecular weight excluding hydrogens is 501 g/mol. The molecule has 7 nitrogen and oxygen atoms in total. The number of halogens is 2. The van der Waals surface area contributed by atoms with Gasteiger partial charge < -0.3 is 14.8 Å². The van der Waals surface area contributed by atoms with Crippen molar-refractivity contribution in [2.24, 2.45) is 12.0 Å². The summed E-state index contributed by atoms with van der Waals surface area (Å²) in [6.07, 6.45) is 2.99. The number of aromatic nitrogens is 1. The monoisotopic (exact) mass is 525 g/mol. The molecule has 2 N–H and O–H groups in total. The predicted molar refractivity (Wildman–Crippen MR) is 122 cm³/mol. The number of aryl methyl sites for hydroxylation is 1. The van der Waals surface area contributed by atoms with E-state index in [4.69, 9.17) is 11.6 Å². The van der Waals surface area contributed by atoms with Gasteiger partial charge in [-0.1, -0.05) is 29.8 Å². The quantitative estimate of drug-likeness (QED) is 0.345. The highest BCUT2D eigenvalue weighted by atomic mass is 127. The topological polar surface area (TPSA) is 78.7 Å². The Morgan fingerprint density at radius 2 is 2.00 bits per heavy atom. The van der Waals surface area contributed by atoms with Crippen molar-refractivity contribution in [2.45, 2.75) is 13.1 Å². The Morgan fingerprint density at radius 1 is 1.33 bits per heavy atom. The third kappa shape index (κ3) is 7.23. The molecule has 2 rings (SSSR count). The smallest absolute Gasteiger partial charge is 0.229 e. The summed E-state index contributed by atoms with van der Waals surface area (Å²) in [6.45, 7) is 1.07. The van der Waals surface area contributed by atoms with Crippen LogP contribution in [0.2, 0.25) is 5.02 Å². The van der Waals surface area contributed by atoms with E-state index < -0.39 is 10.0 Å². The van der Waals surface area contributed by atoms with Gasteiger partial charge in [0, 0.05) is 39.6 Å². The Kier molecular flexibility index (Phi) is 8.89. The second-order valence-corrected chi connectivity index (χ2v) is 8.23. The minimum absolute atomic E-state index is 0. The first-order chi connectivity index (χ1) is 12.2. The number of para-hydroxylation sites is 1. The molecule has 10 heteroatoms. The zero-order chi connectivity index (χ0) is 19.3. The van der Waals surface area contributed by atoms with Crippen molar-refractivity contribution in [1.82, 2.24) is 14.8 Å². The predicted octanol–water partition coefficient (Wildman–Crippen LogP) is 2.88. The molecule has 0 unspecified atom stereocenters. The first-order valence-corrected chi connectivity index (χ1v) is 10.2. The molecule has 0 radical (unpaired) electrons. The number of guanidine groups is 1. The van der Waals surface area contributed by atoms with Crippen LogP contribution in [0.25, 0.3) is 0 Å². The van der Waals surface area contributed by atoms with E-state index in [0.717, 1.165) is 17.5 Å². The van der Waals surface area contributed by atoms with Crippen LogP contribution in [0.15, 0.2) is 41.5 Å². The Labute approximate surface area is 182 Å². The van der Waals surface area contributed by atoms with Crippen LogP contribution < -0.4 is 10.0 Å². The van der Waals surface area contributed by atoms with Crippen LogP contribution in [0.4, 0.5) is 5.69 Å². The minimum atomic E-state index is -3.34. The summed E-state index contributed by atoms with van der Waals surface area (Å²) in [5.41, 5.74) is 2.43. The van der Waals surface area contributed by atoms with Crippen LogP contribution in [-0.2, 0) is 30.2 Å². The summed E-state index contributed by atoms with van der Waals surface area (Å²) in [7, 11) is 2.24. The van der Waals surface area contributed by atoms with Gasteiger partial charge in [0.1, 0.15) is 0 Å². The highest BCUT2D eigenvalue weighted by molar-refractivity contribution is 14.0. The third-order valence-corrected chi connectivity index (χ3v) is 4.59. The van der Waals surface area contributed by atoms with Gasteiger partial charge in [0.25, 0.3) is 0 Å². The molecule has 0 bridgehead atoms. The van der Waals surface area contributed by atoms with E-state index in [1.165, 1.54) is 0 Å². The molecule has 0 aliphatic rings. The first kappa shape index (κ1) is 23.6. The van der Waals surface area contributed by atoms with Crippen LogP contribution >= 0.6 is 35.6 Å². The molecule has 0 spiro atoms. The van der Waals surface area contributed by atoms with Gasteiger partial charge in [-0.2, -0.15) is 0 Å². The zero-order valence-electron chi connectivity index (χ0n) is 15.7. The fourth-order valence-corrected chi connectivity index (χ4v) is 3.44. The SMILES string of the molecule is CN=C(NCc1ccccc1NS(C)(=O)=O)N(C)Cc1cc(Cl)cn1C.I. The van der Waals surface area contributed by atoms with Crippen molar-refractivity contribution in [3.8, 4) is 0 Å². The highest BCUT2D eigenvalue weighted by Crippen LogP contribution is 2.17. The van der Waals surface area contributed by atoms with Crippen molar-refractivity contribution in [3.05, 3.63) is 52.8 Å². The molecule has 0 saturated carbocycles. The fraction of sp³-hybridized carbons (Fsp3) is 0.353. The number of nitrogens with one attached hydrogen (secondary N) is 2. The maximum absolute atomic E-state index is 11.5. The lowest BCUT2D eigenvalue weighted by atomic mass is 10.2. The lowest BCUT2D eigenvalue weighted by Crippen LogP contribution is -2.38. The average Bonchev–Trinajstić information content (AvgIpc) is 2.85. The molecule has 0 aliphatic heterocycles. The number of sulfonamides is 1. The molecule has 1 heterocycles. The second-order valence-electron chi connectivity index (χ2n) is 6.05. The molecule has 0 atom stereocenters. The van der Waals surface area contributed by atoms with Crippen molar-refractivity contribution >= 4 is 57.2 Å². The van der Waals surface area contributed by atoms with Crippen molar-refractivity contribution < 1.29 is 8.42 Å². The molecule has 0 amide bonds. The van der Waals surface area contributed by atoms with Crippen LogP contribution in [0, 0.1) is 0 Å². The zero-order valence-corrected chi connectivity index (χ0v) is 19.6. The highest BCUT2D eigenvalue weighted by Gasteiger charge is 2.11. The molecule has 27 heavy (non-hydrogen) atoms. The summed E-state index contributed by atoms with van der Waals surface area (Å²) in [4.78, 5) is 6.26. The standard InChI is InChI=1S/C17H24ClN5O2S.HI/c1-19-17(23(3)12-15-9-14(18)11-22(15)2)20-10-13-7-5-6-8-16(13)21-26(4,24)25;/h5-9,11,21H,10,12H2,1-4H3,(H,19,20);1H. The molecule has 1 aromatic heterocycles. The number of nitrogens with zero attached hydrogens (tertiary/aromatic N) is 3. The third-order valence-electron chi connectivity index (χ3n) is 3.80. The number of aliphatic imine (C=N–C) groups is 1. The van der Waals surface area contributed by atoms with Gasteiger partial charge in [-0.25, -0.2) is 8.42 Å². The van der Waals surface area contributed by atoms with Crippen molar-refractivity contribution in [3.63, 3.8) is 0 Å². The Balaban J connectivity index is 0.00000364. The summed E-state index contributed by atoms with van der Waals surface area (Å²) in [5.74, 6) is 0.691. The molecule has 150 valence electrons.